The van der Waals surface area contributed by atoms with Gasteiger partial charge in [0.2, 0.25) is 0 Å². The van der Waals surface area contributed by atoms with E-state index < -0.39 is 0 Å². The van der Waals surface area contributed by atoms with Gasteiger partial charge < -0.3 is 5.73 Å². The van der Waals surface area contributed by atoms with Gasteiger partial charge in [-0.2, -0.15) is 0 Å². The SMILES string of the molecule is Cc1sccc1C(N)c1cccs1. The van der Waals surface area contributed by atoms with Crippen molar-refractivity contribution in [1.29, 1.82) is 0 Å². The lowest BCUT2D eigenvalue weighted by Gasteiger charge is -2.08. The summed E-state index contributed by atoms with van der Waals surface area (Å²) in [5, 5.41) is 4.16. The van der Waals surface area contributed by atoms with Crippen LogP contribution in [0.1, 0.15) is 21.4 Å². The summed E-state index contributed by atoms with van der Waals surface area (Å²) < 4.78 is 0. The Morgan fingerprint density at radius 1 is 1.23 bits per heavy atom. The Morgan fingerprint density at radius 2 is 2.08 bits per heavy atom. The Hall–Kier alpha value is -0.640. The molecule has 1 nitrogen and oxygen atoms in total. The van der Waals surface area contributed by atoms with Gasteiger partial charge in [0, 0.05) is 9.75 Å². The Labute approximate surface area is 85.8 Å². The quantitative estimate of drug-likeness (QED) is 0.807. The summed E-state index contributed by atoms with van der Waals surface area (Å²) in [5.74, 6) is 0. The van der Waals surface area contributed by atoms with Crippen LogP contribution < -0.4 is 5.73 Å². The third-order valence-corrected chi connectivity index (χ3v) is 3.90. The maximum atomic E-state index is 6.12. The van der Waals surface area contributed by atoms with Gasteiger partial charge in [-0.3, -0.25) is 0 Å². The van der Waals surface area contributed by atoms with E-state index in [0.29, 0.717) is 0 Å². The summed E-state index contributed by atoms with van der Waals surface area (Å²) in [7, 11) is 0. The monoisotopic (exact) mass is 209 g/mol. The molecule has 2 heterocycles. The largest absolute Gasteiger partial charge is 0.320 e. The molecule has 0 aliphatic heterocycles. The molecule has 0 fully saturated rings. The number of hydrogen-bond donors (Lipinski definition) is 1. The summed E-state index contributed by atoms with van der Waals surface area (Å²) in [5.41, 5.74) is 7.38. The van der Waals surface area contributed by atoms with Crippen molar-refractivity contribution in [3.05, 3.63) is 44.3 Å². The third kappa shape index (κ3) is 1.68. The summed E-state index contributed by atoms with van der Waals surface area (Å²) in [6, 6.07) is 6.31. The van der Waals surface area contributed by atoms with Gasteiger partial charge >= 0.3 is 0 Å². The first-order valence-corrected chi connectivity index (χ1v) is 5.88. The van der Waals surface area contributed by atoms with Gasteiger partial charge in [0.15, 0.2) is 0 Å². The van der Waals surface area contributed by atoms with E-state index in [9.17, 15) is 0 Å². The molecule has 2 N–H and O–H groups in total. The highest BCUT2D eigenvalue weighted by Gasteiger charge is 2.12. The van der Waals surface area contributed by atoms with Gasteiger partial charge in [0.05, 0.1) is 6.04 Å². The number of thiophene rings is 2. The molecule has 0 saturated heterocycles. The molecule has 2 aromatic rings. The number of nitrogens with two attached hydrogens (primary N) is 1. The van der Waals surface area contributed by atoms with Gasteiger partial charge in [-0.15, -0.1) is 22.7 Å². The van der Waals surface area contributed by atoms with Gasteiger partial charge in [0.1, 0.15) is 0 Å². The lowest BCUT2D eigenvalue weighted by molar-refractivity contribution is 0.891. The maximum absolute atomic E-state index is 6.12. The minimum atomic E-state index is 0.0613. The summed E-state index contributed by atoms with van der Waals surface area (Å²) in [4.78, 5) is 2.56. The molecule has 0 aliphatic carbocycles. The molecule has 1 atom stereocenters. The van der Waals surface area contributed by atoms with Crippen molar-refractivity contribution in [3.63, 3.8) is 0 Å². The molecule has 0 aromatic carbocycles. The topological polar surface area (TPSA) is 26.0 Å². The van der Waals surface area contributed by atoms with Crippen LogP contribution >= 0.6 is 22.7 Å². The fraction of sp³-hybridized carbons (Fsp3) is 0.200. The van der Waals surface area contributed by atoms with Gasteiger partial charge in [0.25, 0.3) is 0 Å². The van der Waals surface area contributed by atoms with Crippen molar-refractivity contribution >= 4 is 22.7 Å². The summed E-state index contributed by atoms with van der Waals surface area (Å²) in [6.45, 7) is 2.12. The second-order valence-electron chi connectivity index (χ2n) is 2.93. The Kier molecular flexibility index (Phi) is 2.49. The molecule has 3 heteroatoms. The van der Waals surface area contributed by atoms with Crippen LogP contribution in [0.3, 0.4) is 0 Å². The van der Waals surface area contributed by atoms with Crippen molar-refractivity contribution in [1.82, 2.24) is 0 Å². The first kappa shape index (κ1) is 8.94. The normalized spacial score (nSPS) is 13.1. The van der Waals surface area contributed by atoms with Crippen molar-refractivity contribution in [2.75, 3.05) is 0 Å². The Balaban J connectivity index is 2.33. The maximum Gasteiger partial charge on any atom is 0.0656 e. The first-order chi connectivity index (χ1) is 6.29. The molecule has 2 rings (SSSR count). The molecule has 0 spiro atoms. The predicted octanol–water partition coefficient (Wildman–Crippen LogP) is 3.17. The molecular weight excluding hydrogens is 198 g/mol. The number of aryl methyl sites for hydroxylation is 1. The average molecular weight is 209 g/mol. The van der Waals surface area contributed by atoms with Crippen LogP contribution in [0.15, 0.2) is 29.0 Å². The van der Waals surface area contributed by atoms with Crippen LogP contribution in [-0.2, 0) is 0 Å². The van der Waals surface area contributed by atoms with Crippen molar-refractivity contribution in [2.45, 2.75) is 13.0 Å². The van der Waals surface area contributed by atoms with Crippen molar-refractivity contribution in [3.8, 4) is 0 Å². The Morgan fingerprint density at radius 3 is 2.62 bits per heavy atom. The van der Waals surface area contributed by atoms with E-state index in [0.717, 1.165) is 0 Å². The number of hydrogen-bond acceptors (Lipinski definition) is 3. The molecule has 0 saturated carbocycles. The van der Waals surface area contributed by atoms with E-state index in [4.69, 9.17) is 5.73 Å². The molecule has 68 valence electrons. The Bertz CT molecular complexity index is 375. The van der Waals surface area contributed by atoms with E-state index in [1.807, 2.05) is 6.07 Å². The lowest BCUT2D eigenvalue weighted by Crippen LogP contribution is -2.09. The van der Waals surface area contributed by atoms with Crippen LogP contribution in [0.4, 0.5) is 0 Å². The molecule has 13 heavy (non-hydrogen) atoms. The fourth-order valence-corrected chi connectivity index (χ4v) is 2.83. The minimum Gasteiger partial charge on any atom is -0.320 e. The fourth-order valence-electron chi connectivity index (χ4n) is 1.34. The highest BCUT2D eigenvalue weighted by atomic mass is 32.1. The van der Waals surface area contributed by atoms with E-state index in [1.54, 1.807) is 22.7 Å². The highest BCUT2D eigenvalue weighted by molar-refractivity contribution is 7.10. The summed E-state index contributed by atoms with van der Waals surface area (Å²) >= 11 is 3.47. The highest BCUT2D eigenvalue weighted by Crippen LogP contribution is 2.28. The van der Waals surface area contributed by atoms with E-state index in [1.165, 1.54) is 15.3 Å². The molecule has 0 radical (unpaired) electrons. The molecule has 0 amide bonds. The standard InChI is InChI=1S/C10H11NS2/c1-7-8(4-6-12-7)10(11)9-3-2-5-13-9/h2-6,10H,11H2,1H3. The molecule has 1 unspecified atom stereocenters. The van der Waals surface area contributed by atoms with Crippen LogP contribution in [0.2, 0.25) is 0 Å². The van der Waals surface area contributed by atoms with E-state index in [-0.39, 0.29) is 6.04 Å². The third-order valence-electron chi connectivity index (χ3n) is 2.08. The average Bonchev–Trinajstić information content (AvgIpc) is 2.72. The van der Waals surface area contributed by atoms with Gasteiger partial charge in [-0.1, -0.05) is 6.07 Å². The second kappa shape index (κ2) is 3.62. The van der Waals surface area contributed by atoms with E-state index in [2.05, 4.69) is 29.8 Å². The van der Waals surface area contributed by atoms with Crippen LogP contribution in [0.25, 0.3) is 0 Å². The van der Waals surface area contributed by atoms with Gasteiger partial charge in [-0.25, -0.2) is 0 Å². The minimum absolute atomic E-state index is 0.0613. The lowest BCUT2D eigenvalue weighted by atomic mass is 10.1. The van der Waals surface area contributed by atoms with Crippen LogP contribution in [0, 0.1) is 6.92 Å². The van der Waals surface area contributed by atoms with Crippen molar-refractivity contribution < 1.29 is 0 Å². The van der Waals surface area contributed by atoms with Crippen LogP contribution in [-0.4, -0.2) is 0 Å². The summed E-state index contributed by atoms with van der Waals surface area (Å²) in [6.07, 6.45) is 0. The molecule has 2 aromatic heterocycles. The zero-order valence-corrected chi connectivity index (χ0v) is 8.99. The second-order valence-corrected chi connectivity index (χ2v) is 5.02. The van der Waals surface area contributed by atoms with E-state index >= 15 is 0 Å². The van der Waals surface area contributed by atoms with Crippen LogP contribution in [0.5, 0.6) is 0 Å². The molecule has 0 aliphatic rings. The number of rotatable bonds is 2. The van der Waals surface area contributed by atoms with Crippen molar-refractivity contribution in [2.24, 2.45) is 5.73 Å². The first-order valence-electron chi connectivity index (χ1n) is 4.12. The molecular formula is C10H11NS2. The zero-order valence-electron chi connectivity index (χ0n) is 7.36. The molecule has 0 bridgehead atoms. The van der Waals surface area contributed by atoms with Gasteiger partial charge in [-0.05, 0) is 35.4 Å². The zero-order chi connectivity index (χ0) is 9.26. The predicted molar refractivity (Wildman–Crippen MR) is 59.4 cm³/mol. The smallest absolute Gasteiger partial charge is 0.0656 e.